The van der Waals surface area contributed by atoms with Gasteiger partial charge in [0.15, 0.2) is 0 Å². The highest BCUT2D eigenvalue weighted by molar-refractivity contribution is 5.90. The number of hydrogen-bond donors (Lipinski definition) is 5. The predicted molar refractivity (Wildman–Crippen MR) is 112 cm³/mol. The van der Waals surface area contributed by atoms with Gasteiger partial charge in [0.2, 0.25) is 5.91 Å². The minimum Gasteiger partial charge on any atom is -0.481 e. The van der Waals surface area contributed by atoms with Crippen LogP contribution in [0.3, 0.4) is 0 Å². The molecule has 0 bridgehead atoms. The maximum atomic E-state index is 12.7. The fourth-order valence-corrected chi connectivity index (χ4v) is 3.02. The van der Waals surface area contributed by atoms with E-state index in [0.29, 0.717) is 12.0 Å². The van der Waals surface area contributed by atoms with Crippen molar-refractivity contribution in [3.05, 3.63) is 36.0 Å². The third kappa shape index (κ3) is 7.32. The van der Waals surface area contributed by atoms with Crippen molar-refractivity contribution >= 4 is 34.8 Å². The number of para-hydroxylation sites is 1. The van der Waals surface area contributed by atoms with Gasteiger partial charge in [0.25, 0.3) is 0 Å². The molecule has 10 nitrogen and oxygen atoms in total. The Hall–Kier alpha value is -3.56. The number of H-pyrrole nitrogens is 1. The molecular formula is C21H27N3O7. The number of hydrogen-bond acceptors (Lipinski definition) is 5. The molecule has 5 N–H and O–H groups in total. The Bertz CT molecular complexity index is 925. The molecule has 31 heavy (non-hydrogen) atoms. The molecule has 2 amide bonds. The summed E-state index contributed by atoms with van der Waals surface area (Å²) in [7, 11) is 0. The van der Waals surface area contributed by atoms with Gasteiger partial charge in [-0.3, -0.25) is 9.59 Å². The van der Waals surface area contributed by atoms with E-state index in [4.69, 9.17) is 9.84 Å². The van der Waals surface area contributed by atoms with E-state index in [1.54, 1.807) is 6.20 Å². The van der Waals surface area contributed by atoms with Crippen molar-refractivity contribution in [2.24, 2.45) is 0 Å². The van der Waals surface area contributed by atoms with E-state index in [1.165, 1.54) is 0 Å². The normalized spacial score (nSPS) is 12.7. The zero-order valence-electron chi connectivity index (χ0n) is 17.2. The topological polar surface area (TPSA) is 158 Å². The Kier molecular flexibility index (Phi) is 8.86. The fourth-order valence-electron chi connectivity index (χ4n) is 3.02. The molecule has 0 spiro atoms. The van der Waals surface area contributed by atoms with Gasteiger partial charge in [0, 0.05) is 29.9 Å². The van der Waals surface area contributed by atoms with Crippen molar-refractivity contribution in [2.45, 2.75) is 51.1 Å². The largest absolute Gasteiger partial charge is 0.481 e. The molecule has 168 valence electrons. The van der Waals surface area contributed by atoms with E-state index in [2.05, 4.69) is 15.6 Å². The summed E-state index contributed by atoms with van der Waals surface area (Å²) in [6, 6.07) is 4.85. The second-order valence-electron chi connectivity index (χ2n) is 7.08. The highest BCUT2D eigenvalue weighted by Gasteiger charge is 2.28. The number of nitrogens with one attached hydrogen (secondary N) is 3. The van der Waals surface area contributed by atoms with Crippen LogP contribution in [0.5, 0.6) is 0 Å². The number of carbonyl (C=O) groups excluding carboxylic acids is 2. The summed E-state index contributed by atoms with van der Waals surface area (Å²) in [5.74, 6) is -3.19. The lowest BCUT2D eigenvalue weighted by molar-refractivity contribution is -0.142. The maximum absolute atomic E-state index is 12.7. The SMILES string of the molecule is CCCCOC(=O)N[C@H](CCC(=O)O)C(=O)N[C@H](Cc1c[nH]c2ccccc12)C(=O)O. The van der Waals surface area contributed by atoms with Crippen LogP contribution in [0.1, 0.15) is 38.2 Å². The number of ether oxygens (including phenoxy) is 1. The number of aliphatic carboxylic acids is 2. The molecule has 0 saturated heterocycles. The number of carboxylic acid groups (broad SMARTS) is 2. The fraction of sp³-hybridized carbons (Fsp3) is 0.429. The quantitative estimate of drug-likeness (QED) is 0.320. The van der Waals surface area contributed by atoms with Crippen LogP contribution in [0.2, 0.25) is 0 Å². The highest BCUT2D eigenvalue weighted by Crippen LogP contribution is 2.19. The average Bonchev–Trinajstić information content (AvgIpc) is 3.13. The summed E-state index contributed by atoms with van der Waals surface area (Å²) in [5, 5.41) is 24.1. The van der Waals surface area contributed by atoms with E-state index in [0.717, 1.165) is 17.3 Å². The van der Waals surface area contributed by atoms with Crippen LogP contribution in [-0.2, 0) is 25.5 Å². The summed E-state index contributed by atoms with van der Waals surface area (Å²) in [6.45, 7) is 2.08. The number of carboxylic acids is 2. The second-order valence-corrected chi connectivity index (χ2v) is 7.08. The third-order valence-corrected chi connectivity index (χ3v) is 4.70. The van der Waals surface area contributed by atoms with Crippen LogP contribution in [0, 0.1) is 0 Å². The Balaban J connectivity index is 2.08. The lowest BCUT2D eigenvalue weighted by Gasteiger charge is -2.21. The van der Waals surface area contributed by atoms with E-state index < -0.39 is 36.0 Å². The standard InChI is InChI=1S/C21H27N3O7/c1-2-3-10-31-21(30)24-16(8-9-18(25)26)19(27)23-17(20(28)29)11-13-12-22-15-7-5-4-6-14(13)15/h4-7,12,16-17,22H,2-3,8-11H2,1H3,(H,23,27)(H,24,30)(H,25,26)(H,28,29)/t16-,17-/m1/s1. The monoisotopic (exact) mass is 433 g/mol. The molecule has 0 aliphatic rings. The molecule has 1 heterocycles. The van der Waals surface area contributed by atoms with Crippen molar-refractivity contribution in [2.75, 3.05) is 6.61 Å². The first-order chi connectivity index (χ1) is 14.8. The van der Waals surface area contributed by atoms with Crippen LogP contribution in [-0.4, -0.2) is 57.8 Å². The Morgan fingerprint density at radius 1 is 1.10 bits per heavy atom. The van der Waals surface area contributed by atoms with Crippen molar-refractivity contribution in [3.8, 4) is 0 Å². The minimum atomic E-state index is -1.27. The van der Waals surface area contributed by atoms with Gasteiger partial charge in [0.1, 0.15) is 12.1 Å². The lowest BCUT2D eigenvalue weighted by Crippen LogP contribution is -2.52. The molecule has 0 saturated carbocycles. The molecule has 1 aromatic carbocycles. The number of unbranched alkanes of at least 4 members (excludes halogenated alkanes) is 1. The number of amides is 2. The van der Waals surface area contributed by atoms with Gasteiger partial charge in [-0.2, -0.15) is 0 Å². The molecular weight excluding hydrogens is 406 g/mol. The van der Waals surface area contributed by atoms with Crippen molar-refractivity contribution < 1.29 is 34.1 Å². The van der Waals surface area contributed by atoms with Gasteiger partial charge in [0.05, 0.1) is 6.61 Å². The number of fused-ring (bicyclic) bond motifs is 1. The molecule has 0 radical (unpaired) electrons. The van der Waals surface area contributed by atoms with Crippen molar-refractivity contribution in [3.63, 3.8) is 0 Å². The lowest BCUT2D eigenvalue weighted by atomic mass is 10.0. The van der Waals surface area contributed by atoms with Crippen LogP contribution >= 0.6 is 0 Å². The summed E-state index contributed by atoms with van der Waals surface area (Å²) >= 11 is 0. The number of aromatic nitrogens is 1. The van der Waals surface area contributed by atoms with Crippen LogP contribution < -0.4 is 10.6 Å². The van der Waals surface area contributed by atoms with Crippen LogP contribution in [0.25, 0.3) is 10.9 Å². The molecule has 2 aromatic rings. The van der Waals surface area contributed by atoms with Crippen LogP contribution in [0.15, 0.2) is 30.5 Å². The van der Waals surface area contributed by atoms with Gasteiger partial charge >= 0.3 is 18.0 Å². The molecule has 0 aliphatic heterocycles. The average molecular weight is 433 g/mol. The zero-order chi connectivity index (χ0) is 22.8. The number of alkyl carbamates (subject to hydrolysis) is 1. The minimum absolute atomic E-state index is 0.0116. The van der Waals surface area contributed by atoms with E-state index in [-0.39, 0.29) is 25.9 Å². The highest BCUT2D eigenvalue weighted by atomic mass is 16.5. The zero-order valence-corrected chi connectivity index (χ0v) is 17.2. The first-order valence-electron chi connectivity index (χ1n) is 10.0. The molecule has 2 atom stereocenters. The first kappa shape index (κ1) is 23.7. The summed E-state index contributed by atoms with van der Waals surface area (Å²) in [6.07, 6.45) is 1.70. The van der Waals surface area contributed by atoms with Gasteiger partial charge < -0.3 is 30.6 Å². The van der Waals surface area contributed by atoms with Crippen molar-refractivity contribution in [1.82, 2.24) is 15.6 Å². The summed E-state index contributed by atoms with van der Waals surface area (Å²) < 4.78 is 4.96. The Labute approximate surface area is 179 Å². The second kappa shape index (κ2) is 11.6. The van der Waals surface area contributed by atoms with E-state index in [1.807, 2.05) is 31.2 Å². The summed E-state index contributed by atoms with van der Waals surface area (Å²) in [5.41, 5.74) is 1.54. The number of benzene rings is 1. The maximum Gasteiger partial charge on any atom is 0.407 e. The number of carbonyl (C=O) groups is 4. The van der Waals surface area contributed by atoms with Gasteiger partial charge in [-0.15, -0.1) is 0 Å². The van der Waals surface area contributed by atoms with Gasteiger partial charge in [-0.05, 0) is 24.5 Å². The van der Waals surface area contributed by atoms with Crippen molar-refractivity contribution in [1.29, 1.82) is 0 Å². The molecule has 0 aliphatic carbocycles. The number of aromatic amines is 1. The number of rotatable bonds is 12. The molecule has 0 unspecified atom stereocenters. The molecule has 1 aromatic heterocycles. The van der Waals surface area contributed by atoms with E-state index >= 15 is 0 Å². The Morgan fingerprint density at radius 2 is 1.84 bits per heavy atom. The molecule has 10 heteroatoms. The Morgan fingerprint density at radius 3 is 2.52 bits per heavy atom. The third-order valence-electron chi connectivity index (χ3n) is 4.70. The molecule has 2 rings (SSSR count). The summed E-state index contributed by atoms with van der Waals surface area (Å²) in [4.78, 5) is 50.3. The van der Waals surface area contributed by atoms with Gasteiger partial charge in [-0.25, -0.2) is 9.59 Å². The smallest absolute Gasteiger partial charge is 0.407 e. The molecule has 0 fully saturated rings. The first-order valence-corrected chi connectivity index (χ1v) is 10.0. The van der Waals surface area contributed by atoms with E-state index in [9.17, 15) is 24.3 Å². The van der Waals surface area contributed by atoms with Gasteiger partial charge in [-0.1, -0.05) is 31.5 Å². The van der Waals surface area contributed by atoms with Crippen LogP contribution in [0.4, 0.5) is 4.79 Å². The predicted octanol–water partition coefficient (Wildman–Crippen LogP) is 2.04.